The first kappa shape index (κ1) is 19.2. The van der Waals surface area contributed by atoms with Crippen molar-refractivity contribution < 1.29 is 9.84 Å². The van der Waals surface area contributed by atoms with Crippen LogP contribution in [0.5, 0.6) is 0 Å². The Balaban J connectivity index is 3.18. The Hall–Kier alpha value is -0.840. The van der Waals surface area contributed by atoms with E-state index in [1.165, 1.54) is 0 Å². The van der Waals surface area contributed by atoms with Crippen molar-refractivity contribution >= 4 is 23.5 Å². The quantitative estimate of drug-likeness (QED) is 0.414. The van der Waals surface area contributed by atoms with Gasteiger partial charge in [0.1, 0.15) is 0 Å². The summed E-state index contributed by atoms with van der Waals surface area (Å²) in [5, 5.41) is 10.8. The van der Waals surface area contributed by atoms with Crippen LogP contribution in [0.3, 0.4) is 0 Å². The minimum atomic E-state index is -0.536. The van der Waals surface area contributed by atoms with Gasteiger partial charge in [0.25, 0.3) is 0 Å². The summed E-state index contributed by atoms with van der Waals surface area (Å²) < 4.78 is 5.31. The molecule has 1 rings (SSSR count). The minimum absolute atomic E-state index is 0.225. The highest BCUT2D eigenvalue weighted by atomic mass is 32.2. The summed E-state index contributed by atoms with van der Waals surface area (Å²) in [5.41, 5.74) is -0.225. The third kappa shape index (κ3) is 6.11. The van der Waals surface area contributed by atoms with Crippen molar-refractivity contribution in [2.75, 3.05) is 12.9 Å². The zero-order chi connectivity index (χ0) is 16.6. The monoisotopic (exact) mass is 338 g/mol. The second-order valence-electron chi connectivity index (χ2n) is 5.87. The van der Waals surface area contributed by atoms with Crippen molar-refractivity contribution in [3.8, 4) is 0 Å². The number of rotatable bonds is 7. The predicted molar refractivity (Wildman–Crippen MR) is 99.1 cm³/mol. The molecule has 22 heavy (non-hydrogen) atoms. The maximum Gasteiger partial charge on any atom is 0.0911 e. The molecule has 0 spiro atoms. The normalized spacial score (nSPS) is 14.8. The fourth-order valence-corrected chi connectivity index (χ4v) is 3.77. The van der Waals surface area contributed by atoms with E-state index in [4.69, 9.17) is 4.74 Å². The van der Waals surface area contributed by atoms with E-state index in [9.17, 15) is 5.11 Å². The second kappa shape index (κ2) is 9.33. The number of thioether (sulfide) groups is 2. The molecular formula is C18H26O2S2. The number of hydrogen-bond acceptors (Lipinski definition) is 4. The highest BCUT2D eigenvalue weighted by Crippen LogP contribution is 2.40. The van der Waals surface area contributed by atoms with Gasteiger partial charge < -0.3 is 9.84 Å². The molecule has 122 valence electrons. The molecule has 0 bridgehead atoms. The summed E-state index contributed by atoms with van der Waals surface area (Å²) in [5.74, 6) is 0. The van der Waals surface area contributed by atoms with Crippen molar-refractivity contribution in [2.45, 2.75) is 38.7 Å². The molecule has 0 aromatic heterocycles. The summed E-state index contributed by atoms with van der Waals surface area (Å²) in [6.45, 7) is 8.74. The number of aliphatic hydroxyl groups is 1. The van der Waals surface area contributed by atoms with Crippen LogP contribution in [0.2, 0.25) is 0 Å². The van der Waals surface area contributed by atoms with Crippen LogP contribution in [-0.2, 0) is 4.74 Å². The minimum Gasteiger partial charge on any atom is -0.501 e. The van der Waals surface area contributed by atoms with Crippen molar-refractivity contribution in [1.29, 1.82) is 0 Å². The Bertz CT molecular complexity index is 502. The van der Waals surface area contributed by atoms with Gasteiger partial charge in [-0.2, -0.15) is 0 Å². The topological polar surface area (TPSA) is 29.5 Å². The van der Waals surface area contributed by atoms with Crippen molar-refractivity contribution in [3.05, 3.63) is 52.5 Å². The zero-order valence-electron chi connectivity index (χ0n) is 14.0. The van der Waals surface area contributed by atoms with Gasteiger partial charge in [-0.05, 0) is 36.8 Å². The Morgan fingerprint density at radius 3 is 2.41 bits per heavy atom. The lowest BCUT2D eigenvalue weighted by molar-refractivity contribution is 0.102. The number of hydrogen-bond donors (Lipinski definition) is 1. The first-order valence-corrected chi connectivity index (χ1v) is 9.41. The van der Waals surface area contributed by atoms with Crippen molar-refractivity contribution in [1.82, 2.24) is 0 Å². The summed E-state index contributed by atoms with van der Waals surface area (Å²) in [7, 11) is 0. The van der Waals surface area contributed by atoms with Gasteiger partial charge in [-0.15, -0.1) is 11.8 Å². The van der Waals surface area contributed by atoms with Crippen LogP contribution < -0.4 is 0 Å². The summed E-state index contributed by atoms with van der Waals surface area (Å²) in [4.78, 5) is 3.11. The largest absolute Gasteiger partial charge is 0.501 e. The molecule has 0 aliphatic heterocycles. The lowest BCUT2D eigenvalue weighted by Gasteiger charge is -2.29. The van der Waals surface area contributed by atoms with E-state index in [-0.39, 0.29) is 5.41 Å². The molecule has 1 unspecified atom stereocenters. The molecular weight excluding hydrogens is 312 g/mol. The van der Waals surface area contributed by atoms with Gasteiger partial charge in [-0.3, -0.25) is 0 Å². The van der Waals surface area contributed by atoms with E-state index < -0.39 is 6.10 Å². The molecule has 1 aromatic rings. The van der Waals surface area contributed by atoms with Gasteiger partial charge in [-0.1, -0.05) is 50.7 Å². The number of benzene rings is 1. The van der Waals surface area contributed by atoms with Crippen molar-refractivity contribution in [2.24, 2.45) is 5.41 Å². The van der Waals surface area contributed by atoms with Crippen LogP contribution in [-0.4, -0.2) is 24.1 Å². The van der Waals surface area contributed by atoms with Crippen LogP contribution >= 0.6 is 23.5 Å². The van der Waals surface area contributed by atoms with E-state index in [0.717, 1.165) is 14.7 Å². The number of allylic oxidation sites excluding steroid dienone is 1. The lowest BCUT2D eigenvalue weighted by Crippen LogP contribution is -2.27. The molecule has 4 heteroatoms. The fraction of sp³-hybridized carbons (Fsp3) is 0.444. The molecule has 0 aliphatic carbocycles. The molecule has 0 heterocycles. The average molecular weight is 339 g/mol. The molecule has 1 N–H and O–H groups in total. The van der Waals surface area contributed by atoms with Gasteiger partial charge in [-0.25, -0.2) is 0 Å². The molecule has 0 fully saturated rings. The number of aliphatic hydroxyl groups excluding tert-OH is 1. The van der Waals surface area contributed by atoms with Gasteiger partial charge >= 0.3 is 0 Å². The first-order valence-electron chi connectivity index (χ1n) is 7.37. The number of ether oxygens (including phenoxy) is 1. The molecule has 0 radical (unpaired) electrons. The molecule has 0 saturated heterocycles. The van der Waals surface area contributed by atoms with Crippen LogP contribution in [0.1, 0.15) is 27.7 Å². The Morgan fingerprint density at radius 1 is 1.27 bits per heavy atom. The predicted octanol–water partition coefficient (Wildman–Crippen LogP) is 5.31. The van der Waals surface area contributed by atoms with E-state index in [1.54, 1.807) is 29.8 Å². The summed E-state index contributed by atoms with van der Waals surface area (Å²) >= 11 is 3.24. The molecule has 1 atom stereocenters. The highest BCUT2D eigenvalue weighted by Gasteiger charge is 2.28. The molecule has 0 amide bonds. The Morgan fingerprint density at radius 2 is 1.91 bits per heavy atom. The third-order valence-corrected chi connectivity index (χ3v) is 5.08. The SMILES string of the molecule is CCO/C=C/C(SC)=C(/Sc1ccccc1)C(O)C(C)(C)C. The molecule has 0 aliphatic rings. The van der Waals surface area contributed by atoms with Gasteiger partial charge in [0.2, 0.25) is 0 Å². The van der Waals surface area contributed by atoms with Crippen molar-refractivity contribution in [3.63, 3.8) is 0 Å². The smallest absolute Gasteiger partial charge is 0.0911 e. The molecule has 1 aromatic carbocycles. The van der Waals surface area contributed by atoms with E-state index in [2.05, 4.69) is 12.1 Å². The molecule has 0 saturated carbocycles. The van der Waals surface area contributed by atoms with Crippen LogP contribution in [0.4, 0.5) is 0 Å². The van der Waals surface area contributed by atoms with Crippen LogP contribution in [0, 0.1) is 5.41 Å². The fourth-order valence-electron chi connectivity index (χ4n) is 1.71. The summed E-state index contributed by atoms with van der Waals surface area (Å²) in [6, 6.07) is 10.1. The second-order valence-corrected chi connectivity index (χ2v) is 7.84. The van der Waals surface area contributed by atoms with Gasteiger partial charge in [0, 0.05) is 14.7 Å². The van der Waals surface area contributed by atoms with E-state index in [1.807, 2.05) is 58.2 Å². The molecule has 2 nitrogen and oxygen atoms in total. The van der Waals surface area contributed by atoms with E-state index >= 15 is 0 Å². The highest BCUT2D eigenvalue weighted by molar-refractivity contribution is 8.06. The summed E-state index contributed by atoms with van der Waals surface area (Å²) in [6.07, 6.45) is 5.12. The average Bonchev–Trinajstić information content (AvgIpc) is 2.49. The third-order valence-electron chi connectivity index (χ3n) is 2.98. The Kier molecular flexibility index (Phi) is 8.15. The van der Waals surface area contributed by atoms with Gasteiger partial charge in [0.15, 0.2) is 0 Å². The lowest BCUT2D eigenvalue weighted by atomic mass is 9.89. The standard InChI is InChI=1S/C18H26O2S2/c1-6-20-13-12-15(21-5)16(17(19)18(2,3)4)22-14-10-8-7-9-11-14/h7-13,17,19H,6H2,1-5H3/b13-12+,16-15-. The Labute approximate surface area is 143 Å². The van der Waals surface area contributed by atoms with E-state index in [0.29, 0.717) is 6.61 Å². The first-order chi connectivity index (χ1) is 10.4. The van der Waals surface area contributed by atoms with Crippen LogP contribution in [0.15, 0.2) is 57.4 Å². The maximum absolute atomic E-state index is 10.8. The maximum atomic E-state index is 10.8. The van der Waals surface area contributed by atoms with Gasteiger partial charge in [0.05, 0.1) is 19.0 Å². The zero-order valence-corrected chi connectivity index (χ0v) is 15.6. The van der Waals surface area contributed by atoms with Crippen LogP contribution in [0.25, 0.3) is 0 Å².